The van der Waals surface area contributed by atoms with Crippen LogP contribution >= 0.6 is 0 Å². The molecule has 0 aliphatic carbocycles. The predicted molar refractivity (Wildman–Crippen MR) is 107 cm³/mol. The second-order valence-corrected chi connectivity index (χ2v) is 7.39. The van der Waals surface area contributed by atoms with E-state index in [1.807, 2.05) is 42.2 Å². The van der Waals surface area contributed by atoms with Crippen molar-refractivity contribution in [2.45, 2.75) is 33.0 Å². The Morgan fingerprint density at radius 1 is 1.21 bits per heavy atom. The number of ether oxygens (including phenoxy) is 1. The van der Waals surface area contributed by atoms with Gasteiger partial charge < -0.3 is 15.4 Å². The van der Waals surface area contributed by atoms with Gasteiger partial charge in [0, 0.05) is 44.3 Å². The van der Waals surface area contributed by atoms with Crippen LogP contribution in [0.2, 0.25) is 0 Å². The number of hydrogen-bond acceptors (Lipinski definition) is 4. The van der Waals surface area contributed by atoms with Crippen molar-refractivity contribution in [3.05, 3.63) is 65.0 Å². The Balaban J connectivity index is 1.52. The smallest absolute Gasteiger partial charge is 0.260 e. The maximum absolute atomic E-state index is 13.1. The second kappa shape index (κ2) is 9.17. The quantitative estimate of drug-likeness (QED) is 0.831. The van der Waals surface area contributed by atoms with Crippen LogP contribution in [0.5, 0.6) is 5.75 Å². The van der Waals surface area contributed by atoms with E-state index >= 15 is 0 Å². The number of nitrogens with two attached hydrogens (primary N) is 1. The van der Waals surface area contributed by atoms with E-state index < -0.39 is 0 Å². The Morgan fingerprint density at radius 3 is 2.64 bits per heavy atom. The fraction of sp³-hybridized carbons (Fsp3) is 0.409. The van der Waals surface area contributed by atoms with E-state index in [2.05, 4.69) is 11.8 Å². The van der Waals surface area contributed by atoms with Crippen molar-refractivity contribution in [1.82, 2.24) is 9.80 Å². The molecule has 1 heterocycles. The molecule has 150 valence electrons. The maximum atomic E-state index is 13.1. The highest BCUT2D eigenvalue weighted by atomic mass is 19.1. The molecule has 0 aromatic heterocycles. The summed E-state index contributed by atoms with van der Waals surface area (Å²) in [5.41, 5.74) is 8.87. The molecular formula is C22H28FN3O2. The average molecular weight is 385 g/mol. The van der Waals surface area contributed by atoms with E-state index in [1.54, 1.807) is 0 Å². The van der Waals surface area contributed by atoms with Gasteiger partial charge in [-0.3, -0.25) is 9.69 Å². The topological polar surface area (TPSA) is 58.8 Å². The molecule has 0 saturated carbocycles. The zero-order valence-electron chi connectivity index (χ0n) is 16.5. The molecule has 2 aromatic carbocycles. The van der Waals surface area contributed by atoms with Crippen molar-refractivity contribution in [3.8, 4) is 5.75 Å². The number of aryl methyl sites for hydroxylation is 1. The minimum atomic E-state index is -0.224. The van der Waals surface area contributed by atoms with Crippen LogP contribution in [0.3, 0.4) is 0 Å². The van der Waals surface area contributed by atoms with Crippen molar-refractivity contribution in [3.63, 3.8) is 0 Å². The van der Waals surface area contributed by atoms with Gasteiger partial charge in [-0.05, 0) is 37.6 Å². The third-order valence-corrected chi connectivity index (χ3v) is 5.20. The highest BCUT2D eigenvalue weighted by molar-refractivity contribution is 5.78. The highest BCUT2D eigenvalue weighted by Gasteiger charge is 2.27. The Hall–Kier alpha value is -2.44. The Labute approximate surface area is 165 Å². The van der Waals surface area contributed by atoms with Crippen LogP contribution in [-0.4, -0.2) is 48.0 Å². The largest absolute Gasteiger partial charge is 0.483 e. The number of rotatable bonds is 6. The van der Waals surface area contributed by atoms with Crippen LogP contribution in [0.25, 0.3) is 0 Å². The molecule has 2 aromatic rings. The summed E-state index contributed by atoms with van der Waals surface area (Å²) in [4.78, 5) is 16.8. The molecule has 1 fully saturated rings. The molecule has 1 saturated heterocycles. The van der Waals surface area contributed by atoms with E-state index in [0.29, 0.717) is 25.4 Å². The molecule has 2 N–H and O–H groups in total. The lowest BCUT2D eigenvalue weighted by atomic mass is 10.1. The third-order valence-electron chi connectivity index (χ3n) is 5.20. The minimum absolute atomic E-state index is 0.0146. The SMILES string of the molecule is Cc1ccc(OCC(=O)N2CCN(Cc3ccc(F)cc3)C(C)C2)c(CN)c1. The lowest BCUT2D eigenvalue weighted by Crippen LogP contribution is -2.54. The van der Waals surface area contributed by atoms with E-state index in [4.69, 9.17) is 10.5 Å². The monoisotopic (exact) mass is 385 g/mol. The van der Waals surface area contributed by atoms with Gasteiger partial charge in [-0.2, -0.15) is 0 Å². The molecule has 0 spiro atoms. The van der Waals surface area contributed by atoms with Crippen LogP contribution < -0.4 is 10.5 Å². The van der Waals surface area contributed by atoms with Crippen molar-refractivity contribution in [2.75, 3.05) is 26.2 Å². The first-order valence-electron chi connectivity index (χ1n) is 9.65. The molecule has 0 radical (unpaired) electrons. The normalized spacial score (nSPS) is 17.6. The second-order valence-electron chi connectivity index (χ2n) is 7.39. The van der Waals surface area contributed by atoms with Crippen LogP contribution in [0.15, 0.2) is 42.5 Å². The molecule has 5 nitrogen and oxygen atoms in total. The van der Waals surface area contributed by atoms with E-state index in [-0.39, 0.29) is 24.4 Å². The van der Waals surface area contributed by atoms with Crippen molar-refractivity contribution in [1.29, 1.82) is 0 Å². The van der Waals surface area contributed by atoms with Gasteiger partial charge in [-0.15, -0.1) is 0 Å². The van der Waals surface area contributed by atoms with Gasteiger partial charge in [-0.25, -0.2) is 4.39 Å². The third kappa shape index (κ3) is 5.09. The standard InChI is InChI=1S/C22H28FN3O2/c1-16-3-8-21(19(11-16)12-24)28-15-22(27)26-10-9-25(17(2)13-26)14-18-4-6-20(23)7-5-18/h3-8,11,17H,9-10,12-15,24H2,1-2H3. The Morgan fingerprint density at radius 2 is 1.96 bits per heavy atom. The molecule has 6 heteroatoms. The summed E-state index contributed by atoms with van der Waals surface area (Å²) in [5, 5.41) is 0. The van der Waals surface area contributed by atoms with E-state index in [0.717, 1.165) is 29.8 Å². The lowest BCUT2D eigenvalue weighted by molar-refractivity contribution is -0.136. The molecule has 28 heavy (non-hydrogen) atoms. The predicted octanol–water partition coefficient (Wildman–Crippen LogP) is 2.70. The van der Waals surface area contributed by atoms with Crippen LogP contribution in [0, 0.1) is 12.7 Å². The molecule has 1 aliphatic rings. The maximum Gasteiger partial charge on any atom is 0.260 e. The summed E-state index contributed by atoms with van der Waals surface area (Å²) in [5.74, 6) is 0.430. The number of carbonyl (C=O) groups excluding carboxylic acids is 1. The van der Waals surface area contributed by atoms with E-state index in [9.17, 15) is 9.18 Å². The number of piperazine rings is 1. The molecular weight excluding hydrogens is 357 g/mol. The Kier molecular flexibility index (Phi) is 6.65. The van der Waals surface area contributed by atoms with Gasteiger partial charge in [0.15, 0.2) is 6.61 Å². The molecule has 1 atom stereocenters. The summed E-state index contributed by atoms with van der Waals surface area (Å²) in [6.07, 6.45) is 0. The molecule has 0 bridgehead atoms. The zero-order valence-corrected chi connectivity index (χ0v) is 16.5. The summed E-state index contributed by atoms with van der Waals surface area (Å²) in [6, 6.07) is 12.6. The highest BCUT2D eigenvalue weighted by Crippen LogP contribution is 2.20. The molecule has 1 amide bonds. The minimum Gasteiger partial charge on any atom is -0.483 e. The molecule has 3 rings (SSSR count). The van der Waals surface area contributed by atoms with Gasteiger partial charge in [-0.1, -0.05) is 29.8 Å². The van der Waals surface area contributed by atoms with Crippen LogP contribution in [0.4, 0.5) is 4.39 Å². The number of nitrogens with zero attached hydrogens (tertiary/aromatic N) is 2. The van der Waals surface area contributed by atoms with Gasteiger partial charge in [0.1, 0.15) is 11.6 Å². The zero-order chi connectivity index (χ0) is 20.1. The van der Waals surface area contributed by atoms with Gasteiger partial charge >= 0.3 is 0 Å². The Bertz CT molecular complexity index is 810. The first-order valence-corrected chi connectivity index (χ1v) is 9.65. The van der Waals surface area contributed by atoms with Crippen LogP contribution in [0.1, 0.15) is 23.6 Å². The van der Waals surface area contributed by atoms with Crippen molar-refractivity contribution >= 4 is 5.91 Å². The fourth-order valence-electron chi connectivity index (χ4n) is 3.52. The number of halogens is 1. The summed E-state index contributed by atoms with van der Waals surface area (Å²) in [6.45, 7) is 7.35. The lowest BCUT2D eigenvalue weighted by Gasteiger charge is -2.39. The number of benzene rings is 2. The summed E-state index contributed by atoms with van der Waals surface area (Å²) >= 11 is 0. The molecule has 1 aliphatic heterocycles. The number of carbonyl (C=O) groups is 1. The number of hydrogen-bond donors (Lipinski definition) is 1. The van der Waals surface area contributed by atoms with Gasteiger partial charge in [0.25, 0.3) is 5.91 Å². The fourth-order valence-corrected chi connectivity index (χ4v) is 3.52. The summed E-state index contributed by atoms with van der Waals surface area (Å²) < 4.78 is 18.8. The van der Waals surface area contributed by atoms with E-state index in [1.165, 1.54) is 12.1 Å². The summed E-state index contributed by atoms with van der Waals surface area (Å²) in [7, 11) is 0. The molecule has 1 unspecified atom stereocenters. The first-order chi connectivity index (χ1) is 13.5. The number of amides is 1. The van der Waals surface area contributed by atoms with Crippen LogP contribution in [-0.2, 0) is 17.9 Å². The van der Waals surface area contributed by atoms with Crippen molar-refractivity contribution in [2.24, 2.45) is 5.73 Å². The van der Waals surface area contributed by atoms with Crippen molar-refractivity contribution < 1.29 is 13.9 Å². The average Bonchev–Trinajstić information content (AvgIpc) is 2.69. The van der Waals surface area contributed by atoms with Gasteiger partial charge in [0.2, 0.25) is 0 Å². The first kappa shape index (κ1) is 20.3. The van der Waals surface area contributed by atoms with Gasteiger partial charge in [0.05, 0.1) is 0 Å².